The Morgan fingerprint density at radius 1 is 1.40 bits per heavy atom. The van der Waals surface area contributed by atoms with Gasteiger partial charge in [-0.25, -0.2) is 4.79 Å². The molecule has 0 aliphatic carbocycles. The summed E-state index contributed by atoms with van der Waals surface area (Å²) in [6, 6.07) is 3.88. The molecule has 106 valence electrons. The third-order valence-electron chi connectivity index (χ3n) is 2.13. The maximum atomic E-state index is 12.3. The van der Waals surface area contributed by atoms with Gasteiger partial charge in [0.2, 0.25) is 11.0 Å². The largest absolute Gasteiger partial charge is 0.478 e. The standard InChI is InChI=1S/C10H5ClF3N3O2S/c11-6-3-4(1-2-5(6)7(18)19)15-9-16-8(17-20-9)10(12,13)14/h1-3H,(H,18,19)(H,15,16,17). The lowest BCUT2D eigenvalue weighted by molar-refractivity contribution is -0.144. The predicted octanol–water partition coefficient (Wildman–Crippen LogP) is 3.65. The van der Waals surface area contributed by atoms with Crippen molar-refractivity contribution < 1.29 is 23.1 Å². The third-order valence-corrected chi connectivity index (χ3v) is 3.07. The topological polar surface area (TPSA) is 75.1 Å². The maximum Gasteiger partial charge on any atom is 0.452 e. The van der Waals surface area contributed by atoms with Gasteiger partial charge in [-0.15, -0.1) is 0 Å². The molecule has 0 amide bonds. The molecule has 0 spiro atoms. The lowest BCUT2D eigenvalue weighted by atomic mass is 10.2. The number of anilines is 2. The van der Waals surface area contributed by atoms with Crippen LogP contribution in [0.2, 0.25) is 5.02 Å². The van der Waals surface area contributed by atoms with E-state index in [9.17, 15) is 18.0 Å². The molecule has 0 fully saturated rings. The summed E-state index contributed by atoms with van der Waals surface area (Å²) in [7, 11) is 0. The fourth-order valence-electron chi connectivity index (χ4n) is 1.28. The number of benzene rings is 1. The van der Waals surface area contributed by atoms with Gasteiger partial charge >= 0.3 is 12.1 Å². The van der Waals surface area contributed by atoms with Crippen LogP contribution >= 0.6 is 23.1 Å². The number of nitrogens with zero attached hydrogens (tertiary/aromatic N) is 2. The Hall–Kier alpha value is -1.87. The van der Waals surface area contributed by atoms with E-state index in [0.717, 1.165) is 0 Å². The molecular weight excluding hydrogens is 319 g/mol. The average molecular weight is 324 g/mol. The summed E-state index contributed by atoms with van der Waals surface area (Å²) in [6.07, 6.45) is -4.61. The van der Waals surface area contributed by atoms with Crippen LogP contribution in [0.4, 0.5) is 24.0 Å². The highest BCUT2D eigenvalue weighted by Crippen LogP contribution is 2.30. The highest BCUT2D eigenvalue weighted by molar-refractivity contribution is 7.09. The van der Waals surface area contributed by atoms with Gasteiger partial charge in [0.15, 0.2) is 0 Å². The van der Waals surface area contributed by atoms with E-state index in [1.807, 2.05) is 0 Å². The summed E-state index contributed by atoms with van der Waals surface area (Å²) in [5.41, 5.74) is 0.204. The van der Waals surface area contributed by atoms with Crippen molar-refractivity contribution in [2.24, 2.45) is 0 Å². The van der Waals surface area contributed by atoms with Crippen molar-refractivity contribution >= 4 is 39.9 Å². The van der Waals surface area contributed by atoms with Gasteiger partial charge in [-0.2, -0.15) is 22.5 Å². The first-order valence-corrected chi connectivity index (χ1v) is 6.13. The summed E-state index contributed by atoms with van der Waals surface area (Å²) < 4.78 is 40.1. The van der Waals surface area contributed by atoms with Crippen LogP contribution in [0, 0.1) is 0 Å². The molecule has 0 bridgehead atoms. The third kappa shape index (κ3) is 3.17. The van der Waals surface area contributed by atoms with E-state index < -0.39 is 18.0 Å². The Bertz CT molecular complexity index is 659. The van der Waals surface area contributed by atoms with Crippen molar-refractivity contribution in [2.45, 2.75) is 6.18 Å². The minimum Gasteiger partial charge on any atom is -0.478 e. The van der Waals surface area contributed by atoms with Crippen LogP contribution < -0.4 is 5.32 Å². The molecule has 1 aromatic carbocycles. The molecule has 0 saturated heterocycles. The summed E-state index contributed by atoms with van der Waals surface area (Å²) in [5, 5.41) is 11.2. The molecule has 0 radical (unpaired) electrons. The molecule has 1 aromatic heterocycles. The Morgan fingerprint density at radius 3 is 2.60 bits per heavy atom. The first kappa shape index (κ1) is 14.5. The summed E-state index contributed by atoms with van der Waals surface area (Å²) in [5.74, 6) is -2.44. The van der Waals surface area contributed by atoms with Gasteiger partial charge in [0.1, 0.15) is 0 Å². The van der Waals surface area contributed by atoms with Crippen LogP contribution in [0.25, 0.3) is 0 Å². The Kier molecular flexibility index (Phi) is 3.82. The molecule has 0 atom stereocenters. The van der Waals surface area contributed by atoms with Gasteiger partial charge in [0.05, 0.1) is 10.6 Å². The SMILES string of the molecule is O=C(O)c1ccc(Nc2nc(C(F)(F)F)ns2)cc1Cl. The zero-order valence-electron chi connectivity index (χ0n) is 9.40. The van der Waals surface area contributed by atoms with Gasteiger partial charge in [-0.05, 0) is 18.2 Å². The van der Waals surface area contributed by atoms with E-state index in [0.29, 0.717) is 17.2 Å². The number of carbonyl (C=O) groups is 1. The summed E-state index contributed by atoms with van der Waals surface area (Å²) in [4.78, 5) is 14.0. The predicted molar refractivity (Wildman–Crippen MR) is 66.6 cm³/mol. The van der Waals surface area contributed by atoms with Crippen LogP contribution in [-0.2, 0) is 6.18 Å². The molecular formula is C10H5ClF3N3O2S. The van der Waals surface area contributed by atoms with Gasteiger partial charge in [0, 0.05) is 17.2 Å². The highest BCUT2D eigenvalue weighted by Gasteiger charge is 2.36. The van der Waals surface area contributed by atoms with E-state index in [2.05, 4.69) is 14.7 Å². The van der Waals surface area contributed by atoms with Crippen LogP contribution in [-0.4, -0.2) is 20.4 Å². The zero-order chi connectivity index (χ0) is 14.9. The first-order chi connectivity index (χ1) is 9.27. The fourth-order valence-corrected chi connectivity index (χ4v) is 2.15. The van der Waals surface area contributed by atoms with Crippen molar-refractivity contribution in [2.75, 3.05) is 5.32 Å². The first-order valence-electron chi connectivity index (χ1n) is 4.98. The molecule has 0 unspecified atom stereocenters. The number of carboxylic acid groups (broad SMARTS) is 1. The number of nitrogens with one attached hydrogen (secondary N) is 1. The monoisotopic (exact) mass is 323 g/mol. The molecule has 20 heavy (non-hydrogen) atoms. The van der Waals surface area contributed by atoms with Gasteiger partial charge in [0.25, 0.3) is 0 Å². The fraction of sp³-hybridized carbons (Fsp3) is 0.100. The van der Waals surface area contributed by atoms with Crippen molar-refractivity contribution in [1.29, 1.82) is 0 Å². The van der Waals surface area contributed by atoms with Gasteiger partial charge in [-0.1, -0.05) is 11.6 Å². The maximum absolute atomic E-state index is 12.3. The zero-order valence-corrected chi connectivity index (χ0v) is 11.0. The number of hydrogen-bond donors (Lipinski definition) is 2. The number of rotatable bonds is 3. The van der Waals surface area contributed by atoms with E-state index in [1.165, 1.54) is 18.2 Å². The lowest BCUT2D eigenvalue weighted by Gasteiger charge is -2.04. The van der Waals surface area contributed by atoms with Crippen LogP contribution in [0.15, 0.2) is 18.2 Å². The average Bonchev–Trinajstić information content (AvgIpc) is 2.76. The minimum atomic E-state index is -4.61. The van der Waals surface area contributed by atoms with E-state index in [4.69, 9.17) is 16.7 Å². The molecule has 0 saturated carbocycles. The summed E-state index contributed by atoms with van der Waals surface area (Å²) in [6.45, 7) is 0. The molecule has 0 aliphatic heterocycles. The van der Waals surface area contributed by atoms with Crippen molar-refractivity contribution in [3.05, 3.63) is 34.6 Å². The van der Waals surface area contributed by atoms with Crippen molar-refractivity contribution in [3.8, 4) is 0 Å². The normalized spacial score (nSPS) is 11.4. The lowest BCUT2D eigenvalue weighted by Crippen LogP contribution is -2.07. The Labute approximate surface area is 119 Å². The molecule has 1 heterocycles. The van der Waals surface area contributed by atoms with E-state index >= 15 is 0 Å². The Morgan fingerprint density at radius 2 is 2.10 bits per heavy atom. The second-order valence-corrected chi connectivity index (χ2v) is 4.70. The van der Waals surface area contributed by atoms with Crippen LogP contribution in [0.5, 0.6) is 0 Å². The molecule has 10 heteroatoms. The van der Waals surface area contributed by atoms with E-state index in [1.54, 1.807) is 0 Å². The van der Waals surface area contributed by atoms with E-state index in [-0.39, 0.29) is 15.7 Å². The minimum absolute atomic E-state index is 0.0388. The second kappa shape index (κ2) is 5.25. The second-order valence-electron chi connectivity index (χ2n) is 3.55. The quantitative estimate of drug-likeness (QED) is 0.901. The van der Waals surface area contributed by atoms with Gasteiger partial charge < -0.3 is 10.4 Å². The number of alkyl halides is 3. The molecule has 2 rings (SSSR count). The molecule has 5 nitrogen and oxygen atoms in total. The number of halogens is 4. The Balaban J connectivity index is 2.20. The highest BCUT2D eigenvalue weighted by atomic mass is 35.5. The molecule has 2 aromatic rings. The molecule has 2 N–H and O–H groups in total. The van der Waals surface area contributed by atoms with Crippen LogP contribution in [0.1, 0.15) is 16.2 Å². The molecule has 0 aliphatic rings. The smallest absolute Gasteiger partial charge is 0.452 e. The summed E-state index contributed by atoms with van der Waals surface area (Å²) >= 11 is 6.27. The number of aromatic nitrogens is 2. The van der Waals surface area contributed by atoms with Crippen molar-refractivity contribution in [1.82, 2.24) is 9.36 Å². The van der Waals surface area contributed by atoms with Crippen LogP contribution in [0.3, 0.4) is 0 Å². The van der Waals surface area contributed by atoms with Gasteiger partial charge in [-0.3, -0.25) is 0 Å². The number of hydrogen-bond acceptors (Lipinski definition) is 5. The number of aromatic carboxylic acids is 1. The van der Waals surface area contributed by atoms with Crippen molar-refractivity contribution in [3.63, 3.8) is 0 Å². The number of carboxylic acids is 1.